The van der Waals surface area contributed by atoms with Crippen LogP contribution in [0.25, 0.3) is 26.7 Å². The van der Waals surface area contributed by atoms with Crippen molar-refractivity contribution in [1.29, 1.82) is 0 Å². The smallest absolute Gasteiger partial charge is 0.271 e. The Morgan fingerprint density at radius 3 is 2.46 bits per heavy atom. The normalized spacial score (nSPS) is 11.7. The van der Waals surface area contributed by atoms with E-state index in [9.17, 15) is 13.2 Å². The molecule has 0 bridgehead atoms. The minimum Gasteiger partial charge on any atom is -0.349 e. The fourth-order valence-corrected chi connectivity index (χ4v) is 5.83. The Balaban J connectivity index is 1.69. The van der Waals surface area contributed by atoms with Gasteiger partial charge in [0.1, 0.15) is 0 Å². The molecule has 2 aromatic heterocycles. The highest BCUT2D eigenvalue weighted by Gasteiger charge is 2.20. The third-order valence-electron chi connectivity index (χ3n) is 6.04. The highest BCUT2D eigenvalue weighted by Crippen LogP contribution is 2.37. The van der Waals surface area contributed by atoms with Crippen LogP contribution in [0.2, 0.25) is 5.02 Å². The van der Waals surface area contributed by atoms with Gasteiger partial charge < -0.3 is 10.2 Å². The molecule has 194 valence electrons. The predicted molar refractivity (Wildman–Crippen MR) is 151 cm³/mol. The number of carbonyl (C=O) groups is 1. The lowest BCUT2D eigenvalue weighted by molar-refractivity contribution is 0.0943. The first-order valence-corrected chi connectivity index (χ1v) is 15.1. The maximum absolute atomic E-state index is 13.0. The van der Waals surface area contributed by atoms with Gasteiger partial charge in [0.2, 0.25) is 0 Å². The molecule has 4 aromatic rings. The van der Waals surface area contributed by atoms with Crippen molar-refractivity contribution in [2.75, 3.05) is 32.4 Å². The minimum atomic E-state index is -3.32. The van der Waals surface area contributed by atoms with Crippen molar-refractivity contribution in [2.24, 2.45) is 0 Å². The van der Waals surface area contributed by atoms with Gasteiger partial charge in [0.15, 0.2) is 15.5 Å². The largest absolute Gasteiger partial charge is 0.349 e. The molecular weight excluding hydrogens is 528 g/mol. The van der Waals surface area contributed by atoms with Crippen LogP contribution in [-0.2, 0) is 9.84 Å². The number of para-hydroxylation sites is 1. The average Bonchev–Trinajstić information content (AvgIpc) is 3.54. The molecule has 1 N–H and O–H groups in total. The maximum Gasteiger partial charge on any atom is 0.271 e. The second-order valence-electron chi connectivity index (χ2n) is 8.52. The highest BCUT2D eigenvalue weighted by atomic mass is 35.5. The van der Waals surface area contributed by atoms with Crippen LogP contribution in [0.15, 0.2) is 71.6 Å². The second kappa shape index (κ2) is 11.6. The van der Waals surface area contributed by atoms with E-state index in [1.54, 1.807) is 35.0 Å². The van der Waals surface area contributed by atoms with Crippen LogP contribution in [0, 0.1) is 0 Å². The van der Waals surface area contributed by atoms with Crippen LogP contribution in [0.5, 0.6) is 0 Å². The van der Waals surface area contributed by atoms with Crippen molar-refractivity contribution in [3.63, 3.8) is 0 Å². The first-order chi connectivity index (χ1) is 17.7. The molecule has 0 radical (unpaired) electrons. The van der Waals surface area contributed by atoms with Crippen molar-refractivity contribution in [1.82, 2.24) is 20.0 Å². The Hall–Kier alpha value is -2.98. The number of halogens is 1. The van der Waals surface area contributed by atoms with Gasteiger partial charge in [-0.1, -0.05) is 49.7 Å². The zero-order valence-electron chi connectivity index (χ0n) is 20.9. The molecule has 37 heavy (non-hydrogen) atoms. The Labute approximate surface area is 226 Å². The maximum atomic E-state index is 13.0. The fourth-order valence-electron chi connectivity index (χ4n) is 3.94. The monoisotopic (exact) mass is 556 g/mol. The summed E-state index contributed by atoms with van der Waals surface area (Å²) in [5.41, 5.74) is 2.48. The molecule has 2 aromatic carbocycles. The molecule has 1 amide bonds. The Bertz CT molecular complexity index is 1510. The van der Waals surface area contributed by atoms with Crippen LogP contribution in [0.4, 0.5) is 0 Å². The van der Waals surface area contributed by atoms with E-state index >= 15 is 0 Å². The number of amides is 1. The van der Waals surface area contributed by atoms with Crippen LogP contribution >= 0.6 is 22.9 Å². The van der Waals surface area contributed by atoms with Crippen molar-refractivity contribution < 1.29 is 13.2 Å². The molecule has 0 aliphatic heterocycles. The molecule has 4 rings (SSSR count). The van der Waals surface area contributed by atoms with Crippen molar-refractivity contribution in [2.45, 2.75) is 18.7 Å². The molecule has 0 aliphatic rings. The Morgan fingerprint density at radius 2 is 1.76 bits per heavy atom. The fraction of sp³-hybridized carbons (Fsp3) is 0.259. The van der Waals surface area contributed by atoms with Gasteiger partial charge in [0.25, 0.3) is 5.91 Å². The molecule has 0 fully saturated rings. The Morgan fingerprint density at radius 1 is 1.03 bits per heavy atom. The number of carbonyl (C=O) groups excluding carboxylic acids is 1. The van der Waals surface area contributed by atoms with Gasteiger partial charge >= 0.3 is 0 Å². The first kappa shape index (κ1) is 27.1. The van der Waals surface area contributed by atoms with E-state index < -0.39 is 9.84 Å². The van der Waals surface area contributed by atoms with Gasteiger partial charge in [-0.25, -0.2) is 13.1 Å². The third kappa shape index (κ3) is 6.30. The van der Waals surface area contributed by atoms with Gasteiger partial charge in [0.05, 0.1) is 26.2 Å². The molecule has 2 heterocycles. The number of aromatic nitrogens is 2. The Kier molecular flexibility index (Phi) is 8.49. The second-order valence-corrected chi connectivity index (χ2v) is 12.0. The SMILES string of the molecule is CCN(CC)CCNC(=O)c1cc(-c2ccc(-c3cccc(S(C)(=O)=O)c3)s2)n(-c2ccccc2Cl)n1. The number of hydrogen-bond donors (Lipinski definition) is 1. The minimum absolute atomic E-state index is 0.253. The predicted octanol–water partition coefficient (Wildman–Crippen LogP) is 5.40. The summed E-state index contributed by atoms with van der Waals surface area (Å²) in [4.78, 5) is 17.3. The van der Waals surface area contributed by atoms with E-state index in [4.69, 9.17) is 11.6 Å². The number of rotatable bonds is 10. The average molecular weight is 557 g/mol. The number of thiophene rings is 1. The summed E-state index contributed by atoms with van der Waals surface area (Å²) in [5, 5.41) is 8.09. The van der Waals surface area contributed by atoms with Gasteiger partial charge in [-0.15, -0.1) is 11.3 Å². The summed E-state index contributed by atoms with van der Waals surface area (Å²) in [5.74, 6) is -0.253. The molecular formula is C27H29ClN4O3S2. The van der Waals surface area contributed by atoms with Crippen LogP contribution in [0.3, 0.4) is 0 Å². The van der Waals surface area contributed by atoms with Crippen molar-refractivity contribution >= 4 is 38.7 Å². The summed E-state index contributed by atoms with van der Waals surface area (Å²) in [6.07, 6.45) is 1.20. The molecule has 0 aliphatic carbocycles. The van der Waals surface area contributed by atoms with Crippen LogP contribution in [-0.4, -0.2) is 61.4 Å². The van der Waals surface area contributed by atoms with E-state index in [1.807, 2.05) is 36.4 Å². The molecule has 0 unspecified atom stereocenters. The van der Waals surface area contributed by atoms with Gasteiger partial charge in [-0.3, -0.25) is 4.79 Å². The summed E-state index contributed by atoms with van der Waals surface area (Å²) in [6, 6.07) is 19.9. The van der Waals surface area contributed by atoms with E-state index in [0.717, 1.165) is 40.6 Å². The van der Waals surface area contributed by atoms with Crippen LogP contribution in [0.1, 0.15) is 24.3 Å². The van der Waals surface area contributed by atoms with Crippen molar-refractivity contribution in [3.8, 4) is 26.7 Å². The van der Waals surface area contributed by atoms with E-state index in [-0.39, 0.29) is 10.8 Å². The molecule has 0 saturated heterocycles. The molecule has 7 nitrogen and oxygen atoms in total. The molecule has 0 spiro atoms. The third-order valence-corrected chi connectivity index (χ3v) is 8.62. The zero-order valence-corrected chi connectivity index (χ0v) is 23.3. The number of benzene rings is 2. The number of hydrogen-bond acceptors (Lipinski definition) is 6. The summed E-state index contributed by atoms with van der Waals surface area (Å²) in [7, 11) is -3.32. The first-order valence-electron chi connectivity index (χ1n) is 12.0. The summed E-state index contributed by atoms with van der Waals surface area (Å²) < 4.78 is 25.7. The van der Waals surface area contributed by atoms with Gasteiger partial charge in [-0.2, -0.15) is 5.10 Å². The van der Waals surface area contributed by atoms with Crippen molar-refractivity contribution in [3.05, 3.63) is 77.4 Å². The van der Waals surface area contributed by atoms with E-state index in [0.29, 0.717) is 22.9 Å². The topological polar surface area (TPSA) is 84.3 Å². The molecule has 10 heteroatoms. The van der Waals surface area contributed by atoms with Gasteiger partial charge in [0, 0.05) is 24.2 Å². The number of nitrogens with zero attached hydrogens (tertiary/aromatic N) is 3. The van der Waals surface area contributed by atoms with Crippen LogP contribution < -0.4 is 5.32 Å². The highest BCUT2D eigenvalue weighted by molar-refractivity contribution is 7.90. The number of nitrogens with one attached hydrogen (secondary N) is 1. The summed E-state index contributed by atoms with van der Waals surface area (Å²) in [6.45, 7) is 7.31. The number of likely N-dealkylation sites (N-methyl/N-ethyl adjacent to an activating group) is 1. The zero-order chi connectivity index (χ0) is 26.6. The number of sulfone groups is 1. The van der Waals surface area contributed by atoms with E-state index in [2.05, 4.69) is 29.2 Å². The molecule has 0 saturated carbocycles. The lowest BCUT2D eigenvalue weighted by Crippen LogP contribution is -2.35. The lowest BCUT2D eigenvalue weighted by Gasteiger charge is -2.17. The summed E-state index contributed by atoms with van der Waals surface area (Å²) >= 11 is 7.99. The molecule has 0 atom stereocenters. The standard InChI is InChI=1S/C27H29ClN4O3S2/c1-4-31(5-2)16-15-29-27(33)22-18-24(32(30-22)23-12-7-6-11-21(23)28)26-14-13-25(36-26)19-9-8-10-20(17-19)37(3,34)35/h6-14,17-18H,4-5,15-16H2,1-3H3,(H,29,33). The van der Waals surface area contributed by atoms with Gasteiger partial charge in [-0.05, 0) is 61.1 Å². The van der Waals surface area contributed by atoms with E-state index in [1.165, 1.54) is 17.6 Å². The quantitative estimate of drug-likeness (QED) is 0.283. The lowest BCUT2D eigenvalue weighted by atomic mass is 10.2.